The highest BCUT2D eigenvalue weighted by Gasteiger charge is 2.44. The second-order valence-corrected chi connectivity index (χ2v) is 19.1. The minimum Gasteiger partial charge on any atom is -0.515 e. The molecule has 1 saturated heterocycles. The molecule has 5 heterocycles. The summed E-state index contributed by atoms with van der Waals surface area (Å²) in [6.45, 7) is 25.1. The molecule has 8 bridgehead atoms. The fourth-order valence-electron chi connectivity index (χ4n) is 9.33. The Hall–Kier alpha value is -5.15. The number of aliphatic hydroxyl groups excluding tert-OH is 2. The van der Waals surface area contributed by atoms with Gasteiger partial charge in [-0.25, -0.2) is 15.0 Å². The molecule has 324 valence electrons. The van der Waals surface area contributed by atoms with Gasteiger partial charge in [0.15, 0.2) is 5.78 Å². The van der Waals surface area contributed by atoms with E-state index in [0.29, 0.717) is 58.1 Å². The van der Waals surface area contributed by atoms with Crippen LogP contribution in [0.5, 0.6) is 0 Å². The number of carbonyl (C=O) groups is 2. The molecule has 1 saturated carbocycles. The van der Waals surface area contributed by atoms with E-state index in [2.05, 4.69) is 72.9 Å². The van der Waals surface area contributed by atoms with Gasteiger partial charge in [-0.15, -0.1) is 0 Å². The number of hydrogen-bond donors (Lipinski definition) is 3. The van der Waals surface area contributed by atoms with Crippen LogP contribution in [0, 0.1) is 17.3 Å². The predicted octanol–water partition coefficient (Wildman–Crippen LogP) is 11.4. The molecular weight excluding hydrogens is 761 g/mol. The lowest BCUT2D eigenvalue weighted by atomic mass is 9.84. The van der Waals surface area contributed by atoms with E-state index in [9.17, 15) is 19.8 Å². The quantitative estimate of drug-likeness (QED) is 0.0962. The van der Waals surface area contributed by atoms with Gasteiger partial charge in [0, 0.05) is 58.4 Å². The highest BCUT2D eigenvalue weighted by atomic mass is 16.5. The first-order valence-electron chi connectivity index (χ1n) is 22.0. The standard InChI is InChI=1S/C52H66N4O5/c1-28(2)15-13-16-29(3)17-14-18-30(4)21-22-61-45(60)20-19-36-31(5)48-34(8)49-33(7)46(35(9)58)43(55-49)25-42-39(27-57)38(26-52(10,11)12)41(53-42)24-40-32(6)47-44(59)23-37(50(36)56-48)51(47)54-40/h15,17,21,24-25,27,31,35-36,56-58H,13-14,16,18-20,22-23,26H2,1-12H3/b29-17+,30-21+,39-27+,40-24?,43-25?,48-34?,50-37?/t31-,35?,36-/m0/s1. The van der Waals surface area contributed by atoms with Crippen LogP contribution in [0.25, 0.3) is 0 Å². The van der Waals surface area contributed by atoms with Crippen LogP contribution in [0.1, 0.15) is 134 Å². The van der Waals surface area contributed by atoms with E-state index in [1.807, 2.05) is 39.0 Å². The summed E-state index contributed by atoms with van der Waals surface area (Å²) in [5, 5.41) is 25.6. The fraction of sp³-hybridized carbons (Fsp3) is 0.481. The lowest BCUT2D eigenvalue weighted by molar-refractivity contribution is -0.142. The number of fused-ring (bicyclic) bond motifs is 5. The molecule has 3 N–H and O–H groups in total. The van der Waals surface area contributed by atoms with Crippen LogP contribution >= 0.6 is 0 Å². The summed E-state index contributed by atoms with van der Waals surface area (Å²) in [5.74, 6) is -0.411. The number of aliphatic hydroxyl groups is 2. The van der Waals surface area contributed by atoms with Crippen molar-refractivity contribution in [3.63, 3.8) is 0 Å². The second kappa shape index (κ2) is 18.4. The highest BCUT2D eigenvalue weighted by molar-refractivity contribution is 6.38. The van der Waals surface area contributed by atoms with Gasteiger partial charge < -0.3 is 20.3 Å². The molecule has 6 aliphatic rings. The average Bonchev–Trinajstić information content (AvgIpc) is 3.94. The summed E-state index contributed by atoms with van der Waals surface area (Å²) in [6.07, 6.45) is 16.3. The van der Waals surface area contributed by atoms with Gasteiger partial charge in [0.1, 0.15) is 6.61 Å². The van der Waals surface area contributed by atoms with Crippen LogP contribution < -0.4 is 5.32 Å². The molecule has 0 aromatic carbocycles. The maximum atomic E-state index is 13.9. The zero-order chi connectivity index (χ0) is 44.5. The fourth-order valence-corrected chi connectivity index (χ4v) is 9.33. The maximum absolute atomic E-state index is 13.9. The van der Waals surface area contributed by atoms with Crippen LogP contribution in [-0.4, -0.2) is 51.8 Å². The van der Waals surface area contributed by atoms with Crippen molar-refractivity contribution in [2.75, 3.05) is 6.61 Å². The Morgan fingerprint density at radius 2 is 1.57 bits per heavy atom. The molecule has 61 heavy (non-hydrogen) atoms. The van der Waals surface area contributed by atoms with E-state index in [-0.39, 0.29) is 48.5 Å². The van der Waals surface area contributed by atoms with Gasteiger partial charge in [0.25, 0.3) is 0 Å². The lowest BCUT2D eigenvalue weighted by Crippen LogP contribution is -2.16. The van der Waals surface area contributed by atoms with Crippen LogP contribution in [0.15, 0.2) is 141 Å². The zero-order valence-electron chi connectivity index (χ0n) is 38.5. The molecule has 1 unspecified atom stereocenters. The minimum atomic E-state index is -0.811. The number of hydrogen-bond acceptors (Lipinski definition) is 9. The Kier molecular flexibility index (Phi) is 13.7. The predicted molar refractivity (Wildman–Crippen MR) is 248 cm³/mol. The molecule has 1 aliphatic carbocycles. The van der Waals surface area contributed by atoms with Crippen molar-refractivity contribution >= 4 is 28.9 Å². The lowest BCUT2D eigenvalue weighted by Gasteiger charge is -2.20. The maximum Gasteiger partial charge on any atom is 0.306 e. The zero-order valence-corrected chi connectivity index (χ0v) is 38.5. The van der Waals surface area contributed by atoms with Crippen LogP contribution in [0.2, 0.25) is 0 Å². The summed E-state index contributed by atoms with van der Waals surface area (Å²) in [4.78, 5) is 42.6. The minimum absolute atomic E-state index is 0.0186. The van der Waals surface area contributed by atoms with Gasteiger partial charge in [-0.2, -0.15) is 0 Å². The molecule has 0 spiro atoms. The number of carbonyl (C=O) groups excluding carboxylic acids is 2. The van der Waals surface area contributed by atoms with Gasteiger partial charge in [-0.1, -0.05) is 56.6 Å². The first-order chi connectivity index (χ1) is 28.8. The largest absolute Gasteiger partial charge is 0.515 e. The molecular formula is C52H66N4O5. The number of nitrogens with one attached hydrogen (secondary N) is 1. The molecule has 3 atom stereocenters. The number of rotatable bonds is 13. The van der Waals surface area contributed by atoms with E-state index in [0.717, 1.165) is 76.9 Å². The van der Waals surface area contributed by atoms with Gasteiger partial charge in [0.2, 0.25) is 0 Å². The Balaban J connectivity index is 1.34. The number of esters is 1. The first kappa shape index (κ1) is 45.4. The van der Waals surface area contributed by atoms with Crippen molar-refractivity contribution < 1.29 is 24.5 Å². The van der Waals surface area contributed by atoms with Crippen molar-refractivity contribution in [3.05, 3.63) is 126 Å². The molecule has 9 nitrogen and oxygen atoms in total. The van der Waals surface area contributed by atoms with Gasteiger partial charge in [0.05, 0.1) is 46.6 Å². The smallest absolute Gasteiger partial charge is 0.306 e. The van der Waals surface area contributed by atoms with Crippen molar-refractivity contribution in [2.24, 2.45) is 32.2 Å². The highest BCUT2D eigenvalue weighted by Crippen LogP contribution is 2.47. The molecule has 0 amide bonds. The number of aliphatic imine (C=N–C) groups is 3. The van der Waals surface area contributed by atoms with Gasteiger partial charge >= 0.3 is 5.97 Å². The topological polar surface area (TPSA) is 133 Å². The number of ketones is 1. The summed E-state index contributed by atoms with van der Waals surface area (Å²) in [5.41, 5.74) is 15.8. The molecule has 6 rings (SSSR count). The van der Waals surface area contributed by atoms with Crippen molar-refractivity contribution in [2.45, 2.75) is 141 Å². The van der Waals surface area contributed by atoms with E-state index < -0.39 is 6.10 Å². The van der Waals surface area contributed by atoms with E-state index >= 15 is 0 Å². The van der Waals surface area contributed by atoms with E-state index in [1.165, 1.54) is 16.7 Å². The number of nitrogens with zero attached hydrogens (tertiary/aromatic N) is 3. The van der Waals surface area contributed by atoms with E-state index in [1.54, 1.807) is 6.92 Å². The summed E-state index contributed by atoms with van der Waals surface area (Å²) in [6, 6.07) is 0. The number of Topliss-reactive ketones (excluding diaryl/α,β-unsaturated/α-hetero) is 1. The third kappa shape index (κ3) is 9.83. The molecule has 2 fully saturated rings. The Morgan fingerprint density at radius 3 is 2.23 bits per heavy atom. The summed E-state index contributed by atoms with van der Waals surface area (Å²) < 4.78 is 5.76. The Morgan fingerprint density at radius 1 is 0.902 bits per heavy atom. The average molecular weight is 827 g/mol. The third-order valence-corrected chi connectivity index (χ3v) is 12.6. The normalized spacial score (nSPS) is 22.9. The molecule has 0 aromatic heterocycles. The number of ether oxygens (including phenoxy) is 1. The number of allylic oxidation sites excluding steroid dienone is 16. The van der Waals surface area contributed by atoms with E-state index in [4.69, 9.17) is 19.7 Å². The Bertz CT molecular complexity index is 2360. The monoisotopic (exact) mass is 827 g/mol. The summed E-state index contributed by atoms with van der Waals surface area (Å²) in [7, 11) is 0. The summed E-state index contributed by atoms with van der Waals surface area (Å²) >= 11 is 0. The van der Waals surface area contributed by atoms with Crippen LogP contribution in [0.4, 0.5) is 0 Å². The third-order valence-electron chi connectivity index (χ3n) is 12.6. The van der Waals surface area contributed by atoms with Gasteiger partial charge in [-0.05, 0) is 140 Å². The van der Waals surface area contributed by atoms with Crippen molar-refractivity contribution in [1.29, 1.82) is 0 Å². The van der Waals surface area contributed by atoms with Crippen LogP contribution in [0.3, 0.4) is 0 Å². The van der Waals surface area contributed by atoms with Crippen molar-refractivity contribution in [3.8, 4) is 0 Å². The Labute approximate surface area is 363 Å². The SMILES string of the molecule is CC(C)=CCC/C(C)=C/CC/C(C)=C/COC(=O)CC[C@@H]1C2=C3CC(=O)C4=C(C)C(=CC5=C(CC(C)(C)C)/C(=C\O)C(=N5)C=C5N=C(C(C)=C5C(C)O)C(C)=C(N2)[C@H]1C)N=C34. The van der Waals surface area contributed by atoms with Crippen molar-refractivity contribution in [1.82, 2.24) is 5.32 Å². The van der Waals surface area contributed by atoms with Crippen LogP contribution in [-0.2, 0) is 14.3 Å². The molecule has 5 aliphatic heterocycles. The van der Waals surface area contributed by atoms with Gasteiger partial charge in [-0.3, -0.25) is 9.59 Å². The first-order valence-corrected chi connectivity index (χ1v) is 22.0. The molecule has 0 aromatic rings. The molecule has 9 heteroatoms. The molecule has 0 radical (unpaired) electrons. The second-order valence-electron chi connectivity index (χ2n) is 19.1.